The van der Waals surface area contributed by atoms with Crippen LogP contribution in [0.15, 0.2) is 0 Å². The summed E-state index contributed by atoms with van der Waals surface area (Å²) < 4.78 is 0. The Morgan fingerprint density at radius 1 is 1.41 bits per heavy atom. The fourth-order valence-electron chi connectivity index (χ4n) is 2.51. The van der Waals surface area contributed by atoms with E-state index in [0.717, 1.165) is 32.5 Å². The molecule has 1 rings (SSSR count). The molecule has 1 heterocycles. The number of carbonyl (C=O) groups excluding carboxylic acids is 1. The molecule has 0 aliphatic carbocycles. The van der Waals surface area contributed by atoms with Crippen LogP contribution in [0.25, 0.3) is 0 Å². The van der Waals surface area contributed by atoms with Gasteiger partial charge in [0.2, 0.25) is 5.91 Å². The molecule has 1 aliphatic rings. The van der Waals surface area contributed by atoms with Crippen LogP contribution < -0.4 is 5.32 Å². The lowest BCUT2D eigenvalue weighted by Crippen LogP contribution is -2.44. The average Bonchev–Trinajstić information content (AvgIpc) is 2.33. The standard InChI is InChI=1S/C14H28N2O/c1-4-6-10-16(5-2)14(17)11-13-12(3)8-7-9-15-13/h12-13,15H,4-11H2,1-3H3. The predicted molar refractivity (Wildman–Crippen MR) is 72.0 cm³/mol. The number of carbonyl (C=O) groups is 1. The molecule has 1 aliphatic heterocycles. The van der Waals surface area contributed by atoms with Crippen LogP contribution in [0.3, 0.4) is 0 Å². The number of unbranched alkanes of at least 4 members (excludes halogenated alkanes) is 1. The van der Waals surface area contributed by atoms with Crippen molar-refractivity contribution in [3.05, 3.63) is 0 Å². The SMILES string of the molecule is CCCCN(CC)C(=O)CC1NCCCC1C. The molecule has 3 nitrogen and oxygen atoms in total. The first-order chi connectivity index (χ1) is 8.19. The number of piperidine rings is 1. The fraction of sp³-hybridized carbons (Fsp3) is 0.929. The van der Waals surface area contributed by atoms with Gasteiger partial charge < -0.3 is 10.2 Å². The summed E-state index contributed by atoms with van der Waals surface area (Å²) in [4.78, 5) is 14.2. The molecular formula is C14H28N2O. The molecule has 0 aromatic heterocycles. The molecule has 0 aromatic carbocycles. The molecule has 3 heteroatoms. The third-order valence-electron chi connectivity index (χ3n) is 3.84. The van der Waals surface area contributed by atoms with Crippen molar-refractivity contribution in [2.45, 2.75) is 58.9 Å². The molecule has 2 atom stereocenters. The molecule has 100 valence electrons. The second-order valence-corrected chi connectivity index (χ2v) is 5.21. The highest BCUT2D eigenvalue weighted by molar-refractivity contribution is 5.76. The lowest BCUT2D eigenvalue weighted by Gasteiger charge is -2.31. The van der Waals surface area contributed by atoms with Gasteiger partial charge in [-0.25, -0.2) is 0 Å². The Kier molecular flexibility index (Phi) is 6.56. The van der Waals surface area contributed by atoms with Gasteiger partial charge in [0.15, 0.2) is 0 Å². The van der Waals surface area contributed by atoms with Gasteiger partial charge in [0, 0.05) is 25.6 Å². The minimum atomic E-state index is 0.326. The number of nitrogens with zero attached hydrogens (tertiary/aromatic N) is 1. The van der Waals surface area contributed by atoms with Crippen molar-refractivity contribution in [3.63, 3.8) is 0 Å². The maximum absolute atomic E-state index is 12.2. The molecule has 1 N–H and O–H groups in total. The number of nitrogens with one attached hydrogen (secondary N) is 1. The Balaban J connectivity index is 2.39. The van der Waals surface area contributed by atoms with Gasteiger partial charge in [0.1, 0.15) is 0 Å². The van der Waals surface area contributed by atoms with Gasteiger partial charge >= 0.3 is 0 Å². The molecule has 0 saturated carbocycles. The van der Waals surface area contributed by atoms with Crippen LogP contribution in [0.1, 0.15) is 52.9 Å². The summed E-state index contributed by atoms with van der Waals surface area (Å²) in [5, 5.41) is 3.49. The van der Waals surface area contributed by atoms with E-state index in [-0.39, 0.29) is 0 Å². The predicted octanol–water partition coefficient (Wildman–Crippen LogP) is 2.41. The van der Waals surface area contributed by atoms with Gasteiger partial charge in [-0.05, 0) is 38.6 Å². The van der Waals surface area contributed by atoms with Crippen LogP contribution in [0.4, 0.5) is 0 Å². The van der Waals surface area contributed by atoms with Gasteiger partial charge in [-0.1, -0.05) is 20.3 Å². The largest absolute Gasteiger partial charge is 0.343 e. The monoisotopic (exact) mass is 240 g/mol. The maximum atomic E-state index is 12.2. The smallest absolute Gasteiger partial charge is 0.224 e. The molecule has 17 heavy (non-hydrogen) atoms. The minimum absolute atomic E-state index is 0.326. The van der Waals surface area contributed by atoms with Gasteiger partial charge in [-0.2, -0.15) is 0 Å². The molecule has 0 radical (unpaired) electrons. The van der Waals surface area contributed by atoms with Gasteiger partial charge in [0.25, 0.3) is 0 Å². The molecule has 2 unspecified atom stereocenters. The van der Waals surface area contributed by atoms with Crippen LogP contribution in [0.2, 0.25) is 0 Å². The van der Waals surface area contributed by atoms with Crippen LogP contribution in [-0.2, 0) is 4.79 Å². The summed E-state index contributed by atoms with van der Waals surface area (Å²) in [6.45, 7) is 9.34. The zero-order valence-corrected chi connectivity index (χ0v) is 11.7. The highest BCUT2D eigenvalue weighted by Crippen LogP contribution is 2.18. The Labute approximate surface area is 106 Å². The first kappa shape index (κ1) is 14.5. The summed E-state index contributed by atoms with van der Waals surface area (Å²) in [5.74, 6) is 0.963. The molecule has 1 saturated heterocycles. The minimum Gasteiger partial charge on any atom is -0.343 e. The second kappa shape index (κ2) is 7.70. The van der Waals surface area contributed by atoms with Crippen LogP contribution in [-0.4, -0.2) is 36.5 Å². The van der Waals surface area contributed by atoms with Crippen LogP contribution in [0.5, 0.6) is 0 Å². The number of hydrogen-bond donors (Lipinski definition) is 1. The Morgan fingerprint density at radius 2 is 2.18 bits per heavy atom. The van der Waals surface area contributed by atoms with Gasteiger partial charge in [0.05, 0.1) is 0 Å². The second-order valence-electron chi connectivity index (χ2n) is 5.21. The summed E-state index contributed by atoms with van der Waals surface area (Å²) in [6, 6.07) is 0.395. The van der Waals surface area contributed by atoms with E-state index < -0.39 is 0 Å². The first-order valence-corrected chi connectivity index (χ1v) is 7.20. The lowest BCUT2D eigenvalue weighted by molar-refractivity contribution is -0.132. The maximum Gasteiger partial charge on any atom is 0.224 e. The molecule has 0 bridgehead atoms. The van der Waals surface area contributed by atoms with Gasteiger partial charge in [-0.3, -0.25) is 4.79 Å². The van der Waals surface area contributed by atoms with Crippen molar-refractivity contribution in [3.8, 4) is 0 Å². The van der Waals surface area contributed by atoms with E-state index in [2.05, 4.69) is 26.1 Å². The van der Waals surface area contributed by atoms with E-state index in [1.807, 2.05) is 4.90 Å². The van der Waals surface area contributed by atoms with Crippen molar-refractivity contribution >= 4 is 5.91 Å². The Hall–Kier alpha value is -0.570. The van der Waals surface area contributed by atoms with Gasteiger partial charge in [-0.15, -0.1) is 0 Å². The summed E-state index contributed by atoms with van der Waals surface area (Å²) in [7, 11) is 0. The fourth-order valence-corrected chi connectivity index (χ4v) is 2.51. The van der Waals surface area contributed by atoms with E-state index >= 15 is 0 Å². The molecule has 1 amide bonds. The summed E-state index contributed by atoms with van der Waals surface area (Å²) in [5.41, 5.74) is 0. The molecule has 0 aromatic rings. The Morgan fingerprint density at radius 3 is 2.76 bits per heavy atom. The zero-order valence-electron chi connectivity index (χ0n) is 11.7. The summed E-state index contributed by atoms with van der Waals surface area (Å²) in [6.07, 6.45) is 5.46. The topological polar surface area (TPSA) is 32.3 Å². The lowest BCUT2D eigenvalue weighted by atomic mass is 9.90. The number of rotatable bonds is 6. The molecule has 1 fully saturated rings. The highest BCUT2D eigenvalue weighted by Gasteiger charge is 2.24. The van der Waals surface area contributed by atoms with Crippen molar-refractivity contribution in [1.29, 1.82) is 0 Å². The van der Waals surface area contributed by atoms with Crippen LogP contribution >= 0.6 is 0 Å². The van der Waals surface area contributed by atoms with E-state index in [1.165, 1.54) is 12.8 Å². The van der Waals surface area contributed by atoms with Crippen molar-refractivity contribution in [2.24, 2.45) is 5.92 Å². The van der Waals surface area contributed by atoms with E-state index in [9.17, 15) is 4.79 Å². The van der Waals surface area contributed by atoms with Crippen LogP contribution in [0, 0.1) is 5.92 Å². The molecular weight excluding hydrogens is 212 g/mol. The number of amides is 1. The highest BCUT2D eigenvalue weighted by atomic mass is 16.2. The third-order valence-corrected chi connectivity index (χ3v) is 3.84. The first-order valence-electron chi connectivity index (χ1n) is 7.20. The van der Waals surface area contributed by atoms with Crippen molar-refractivity contribution in [2.75, 3.05) is 19.6 Å². The quantitative estimate of drug-likeness (QED) is 0.773. The normalized spacial score (nSPS) is 24.6. The third kappa shape index (κ3) is 4.66. The van der Waals surface area contributed by atoms with E-state index in [1.54, 1.807) is 0 Å². The van der Waals surface area contributed by atoms with E-state index in [0.29, 0.717) is 24.3 Å². The zero-order chi connectivity index (χ0) is 12.7. The van der Waals surface area contributed by atoms with Crippen molar-refractivity contribution in [1.82, 2.24) is 10.2 Å². The average molecular weight is 240 g/mol. The Bertz CT molecular complexity index is 230. The van der Waals surface area contributed by atoms with Crippen molar-refractivity contribution < 1.29 is 4.79 Å². The number of hydrogen-bond acceptors (Lipinski definition) is 2. The summed E-state index contributed by atoms with van der Waals surface area (Å²) >= 11 is 0. The molecule has 0 spiro atoms. The van der Waals surface area contributed by atoms with E-state index in [4.69, 9.17) is 0 Å².